The molecule has 1 N–H and O–H groups in total. The zero-order valence-electron chi connectivity index (χ0n) is 19.6. The van der Waals surface area contributed by atoms with Crippen LogP contribution in [0.5, 0.6) is 0 Å². The Labute approximate surface area is 184 Å². The molecule has 0 unspecified atom stereocenters. The summed E-state index contributed by atoms with van der Waals surface area (Å²) in [6, 6.07) is 9.53. The predicted molar refractivity (Wildman–Crippen MR) is 119 cm³/mol. The standard InChI is InChI=1S/C24H34N2O5/c1-22(2,3)30-20(28)25-26(21(29)31-23(4,5)6)24(7)15-11-14-18(19(24)27)16-17-12-9-8-10-13-17/h8-10,12-13,16H,11,14-15H2,1-7H3,(H,25,28)/b18-16+/t24-/m1/s1. The van der Waals surface area contributed by atoms with Crippen LogP contribution in [0.25, 0.3) is 6.08 Å². The van der Waals surface area contributed by atoms with E-state index in [-0.39, 0.29) is 5.78 Å². The van der Waals surface area contributed by atoms with Gasteiger partial charge in [-0.15, -0.1) is 0 Å². The molecule has 1 aromatic carbocycles. The van der Waals surface area contributed by atoms with E-state index in [1.807, 2.05) is 36.4 Å². The topological polar surface area (TPSA) is 84.9 Å². The first kappa shape index (κ1) is 24.4. The number of benzene rings is 1. The first-order chi connectivity index (χ1) is 14.2. The quantitative estimate of drug-likeness (QED) is 0.511. The number of hydrazine groups is 1. The lowest BCUT2D eigenvalue weighted by Gasteiger charge is -2.42. The van der Waals surface area contributed by atoms with Gasteiger partial charge in [-0.3, -0.25) is 4.79 Å². The monoisotopic (exact) mass is 430 g/mol. The fourth-order valence-electron chi connectivity index (χ4n) is 3.37. The van der Waals surface area contributed by atoms with Gasteiger partial charge in [0.2, 0.25) is 0 Å². The molecule has 0 aromatic heterocycles. The molecule has 2 rings (SSSR count). The molecule has 2 amide bonds. The molecule has 170 valence electrons. The summed E-state index contributed by atoms with van der Waals surface area (Å²) in [7, 11) is 0. The smallest absolute Gasteiger partial charge is 0.430 e. The van der Waals surface area contributed by atoms with E-state index in [0.717, 1.165) is 10.6 Å². The van der Waals surface area contributed by atoms with E-state index in [1.165, 1.54) is 0 Å². The highest BCUT2D eigenvalue weighted by atomic mass is 16.6. The van der Waals surface area contributed by atoms with Crippen LogP contribution in [-0.2, 0) is 14.3 Å². The van der Waals surface area contributed by atoms with Gasteiger partial charge in [0.05, 0.1) is 0 Å². The van der Waals surface area contributed by atoms with Crippen molar-refractivity contribution in [1.82, 2.24) is 10.4 Å². The van der Waals surface area contributed by atoms with Crippen molar-refractivity contribution in [3.8, 4) is 0 Å². The zero-order chi connectivity index (χ0) is 23.4. The minimum Gasteiger partial charge on any atom is -0.443 e. The van der Waals surface area contributed by atoms with Crippen LogP contribution in [0.3, 0.4) is 0 Å². The van der Waals surface area contributed by atoms with Gasteiger partial charge in [0.15, 0.2) is 5.78 Å². The van der Waals surface area contributed by atoms with Crippen LogP contribution in [0, 0.1) is 0 Å². The largest absolute Gasteiger partial charge is 0.443 e. The third-order valence-corrected chi connectivity index (χ3v) is 4.70. The van der Waals surface area contributed by atoms with Crippen LogP contribution >= 0.6 is 0 Å². The van der Waals surface area contributed by atoms with Crippen LogP contribution < -0.4 is 5.43 Å². The van der Waals surface area contributed by atoms with Crippen LogP contribution in [0.1, 0.15) is 73.3 Å². The maximum atomic E-state index is 13.5. The maximum Gasteiger partial charge on any atom is 0.430 e. The highest BCUT2D eigenvalue weighted by Gasteiger charge is 2.48. The van der Waals surface area contributed by atoms with Gasteiger partial charge in [-0.05, 0) is 84.9 Å². The van der Waals surface area contributed by atoms with Crippen molar-refractivity contribution in [3.63, 3.8) is 0 Å². The number of hydrogen-bond donors (Lipinski definition) is 1. The van der Waals surface area contributed by atoms with E-state index in [2.05, 4.69) is 5.43 Å². The van der Waals surface area contributed by atoms with Crippen molar-refractivity contribution in [1.29, 1.82) is 0 Å². The molecule has 1 atom stereocenters. The molecule has 1 fully saturated rings. The molecular weight excluding hydrogens is 396 g/mol. The SMILES string of the molecule is CC(C)(C)OC(=O)NN(C(=O)OC(C)(C)C)[C@]1(C)CCC/C(=C\c2ccccc2)C1=O. The molecule has 0 saturated heterocycles. The summed E-state index contributed by atoms with van der Waals surface area (Å²) in [6.07, 6.45) is 1.85. The first-order valence-corrected chi connectivity index (χ1v) is 10.5. The van der Waals surface area contributed by atoms with Gasteiger partial charge in [-0.25, -0.2) is 20.0 Å². The number of nitrogens with one attached hydrogen (secondary N) is 1. The summed E-state index contributed by atoms with van der Waals surface area (Å²) in [5, 5.41) is 0.993. The first-order valence-electron chi connectivity index (χ1n) is 10.5. The number of ether oxygens (including phenoxy) is 2. The molecule has 1 saturated carbocycles. The van der Waals surface area contributed by atoms with Crippen molar-refractivity contribution in [2.45, 2.75) is 84.5 Å². The van der Waals surface area contributed by atoms with E-state index in [1.54, 1.807) is 48.5 Å². The number of Topliss-reactive ketones (excluding diaryl/α,β-unsaturated/α-hetero) is 1. The Morgan fingerprint density at radius 1 is 1.03 bits per heavy atom. The molecule has 0 heterocycles. The molecule has 1 aliphatic rings. The Morgan fingerprint density at radius 3 is 2.16 bits per heavy atom. The van der Waals surface area contributed by atoms with Crippen LogP contribution in [0.15, 0.2) is 35.9 Å². The van der Waals surface area contributed by atoms with Gasteiger partial charge in [-0.1, -0.05) is 30.3 Å². The average molecular weight is 431 g/mol. The van der Waals surface area contributed by atoms with E-state index in [4.69, 9.17) is 9.47 Å². The molecule has 7 heteroatoms. The van der Waals surface area contributed by atoms with Crippen molar-refractivity contribution >= 4 is 24.0 Å². The minimum absolute atomic E-state index is 0.232. The van der Waals surface area contributed by atoms with Gasteiger partial charge >= 0.3 is 12.2 Å². The van der Waals surface area contributed by atoms with Gasteiger partial charge in [-0.2, -0.15) is 0 Å². The third kappa shape index (κ3) is 6.84. The van der Waals surface area contributed by atoms with Gasteiger partial charge in [0.1, 0.15) is 16.7 Å². The predicted octanol–water partition coefficient (Wildman–Crippen LogP) is 5.26. The Balaban J connectivity index is 2.39. The lowest BCUT2D eigenvalue weighted by Crippen LogP contribution is -2.64. The van der Waals surface area contributed by atoms with E-state index < -0.39 is 28.9 Å². The lowest BCUT2D eigenvalue weighted by molar-refractivity contribution is -0.130. The highest BCUT2D eigenvalue weighted by molar-refractivity contribution is 6.07. The molecule has 1 aliphatic carbocycles. The van der Waals surface area contributed by atoms with Crippen molar-refractivity contribution in [2.75, 3.05) is 0 Å². The number of rotatable bonds is 2. The molecule has 7 nitrogen and oxygen atoms in total. The molecule has 0 spiro atoms. The summed E-state index contributed by atoms with van der Waals surface area (Å²) in [5.41, 5.74) is 1.09. The Morgan fingerprint density at radius 2 is 1.61 bits per heavy atom. The highest BCUT2D eigenvalue weighted by Crippen LogP contribution is 2.34. The molecule has 0 aliphatic heterocycles. The third-order valence-electron chi connectivity index (χ3n) is 4.70. The average Bonchev–Trinajstić information content (AvgIpc) is 2.61. The minimum atomic E-state index is -1.31. The summed E-state index contributed by atoms with van der Waals surface area (Å²) >= 11 is 0. The fraction of sp³-hybridized carbons (Fsp3) is 0.542. The number of hydrogen-bond acceptors (Lipinski definition) is 5. The molecular formula is C24H34N2O5. The van der Waals surface area contributed by atoms with Gasteiger partial charge < -0.3 is 9.47 Å². The molecule has 0 radical (unpaired) electrons. The Bertz CT molecular complexity index is 849. The number of carbonyl (C=O) groups excluding carboxylic acids is 3. The van der Waals surface area contributed by atoms with Crippen LogP contribution in [0.2, 0.25) is 0 Å². The fourth-order valence-corrected chi connectivity index (χ4v) is 3.37. The van der Waals surface area contributed by atoms with Crippen LogP contribution in [0.4, 0.5) is 9.59 Å². The van der Waals surface area contributed by atoms with Crippen molar-refractivity contribution in [2.24, 2.45) is 0 Å². The van der Waals surface area contributed by atoms with E-state index >= 15 is 0 Å². The summed E-state index contributed by atoms with van der Waals surface area (Å²) in [5.74, 6) is -0.232. The summed E-state index contributed by atoms with van der Waals surface area (Å²) in [4.78, 5) is 39.1. The second-order valence-electron chi connectivity index (χ2n) is 9.97. The van der Waals surface area contributed by atoms with Crippen molar-refractivity contribution < 1.29 is 23.9 Å². The number of ketones is 1. The molecule has 0 bridgehead atoms. The van der Waals surface area contributed by atoms with Crippen LogP contribution in [-0.4, -0.2) is 39.7 Å². The second kappa shape index (κ2) is 9.12. The number of amides is 2. The van der Waals surface area contributed by atoms with E-state index in [9.17, 15) is 14.4 Å². The summed E-state index contributed by atoms with van der Waals surface area (Å²) < 4.78 is 10.8. The zero-order valence-corrected chi connectivity index (χ0v) is 19.6. The normalized spacial score (nSPS) is 20.9. The Kier molecular flexibility index (Phi) is 7.19. The molecule has 1 aromatic rings. The number of nitrogens with zero attached hydrogens (tertiary/aromatic N) is 1. The van der Waals surface area contributed by atoms with Gasteiger partial charge in [0.25, 0.3) is 0 Å². The number of carbonyl (C=O) groups is 3. The summed E-state index contributed by atoms with van der Waals surface area (Å²) in [6.45, 7) is 12.0. The lowest BCUT2D eigenvalue weighted by atomic mass is 9.78. The van der Waals surface area contributed by atoms with Gasteiger partial charge in [0, 0.05) is 0 Å². The van der Waals surface area contributed by atoms with Crippen molar-refractivity contribution in [3.05, 3.63) is 41.5 Å². The second-order valence-corrected chi connectivity index (χ2v) is 9.97. The van der Waals surface area contributed by atoms with E-state index in [0.29, 0.717) is 24.8 Å². The Hall–Kier alpha value is -2.83. The molecule has 31 heavy (non-hydrogen) atoms. The maximum absolute atomic E-state index is 13.5.